The minimum Gasteiger partial charge on any atom is -0.463 e. The van der Waals surface area contributed by atoms with Gasteiger partial charge in [0.15, 0.2) is 0 Å². The summed E-state index contributed by atoms with van der Waals surface area (Å²) in [6.07, 6.45) is -0.572. The smallest absolute Gasteiger partial charge is 0.308 e. The second kappa shape index (κ2) is 2.98. The Bertz CT molecular complexity index is 200. The Hall–Kier alpha value is -0.620. The maximum Gasteiger partial charge on any atom is 0.308 e. The number of hydrogen-bond acceptors (Lipinski definition) is 5. The molecular formula is C4H6O5S. The van der Waals surface area contributed by atoms with Crippen LogP contribution >= 0.6 is 0 Å². The van der Waals surface area contributed by atoms with Crippen molar-refractivity contribution in [2.45, 2.75) is 12.5 Å². The van der Waals surface area contributed by atoms with Crippen LogP contribution in [0.5, 0.6) is 0 Å². The first kappa shape index (κ1) is 7.49. The molecule has 1 aliphatic rings. The van der Waals surface area contributed by atoms with E-state index in [9.17, 15) is 13.2 Å². The van der Waals surface area contributed by atoms with E-state index in [1.165, 1.54) is 0 Å². The summed E-state index contributed by atoms with van der Waals surface area (Å²) < 4.78 is 28.5. The molecule has 1 fully saturated rings. The van der Waals surface area contributed by atoms with Crippen LogP contribution in [0.3, 0.4) is 0 Å². The van der Waals surface area contributed by atoms with Crippen molar-refractivity contribution in [2.75, 3.05) is 6.61 Å². The summed E-state index contributed by atoms with van der Waals surface area (Å²) in [7, 11) is -2.86. The van der Waals surface area contributed by atoms with Gasteiger partial charge in [-0.3, -0.25) is 8.98 Å². The van der Waals surface area contributed by atoms with Crippen molar-refractivity contribution in [2.24, 2.45) is 0 Å². The molecule has 1 heterocycles. The van der Waals surface area contributed by atoms with Crippen LogP contribution in [0, 0.1) is 0 Å². The molecule has 0 spiro atoms. The molecule has 0 aromatic heterocycles. The number of carbonyl (C=O) groups is 1. The standard InChI is InChI=1S/C4H6O5S/c5-4-1-3(2-8-4)9-10(6)7/h3,10H,1-2H2. The van der Waals surface area contributed by atoms with Gasteiger partial charge in [0.05, 0.1) is 6.42 Å². The van der Waals surface area contributed by atoms with Crippen molar-refractivity contribution in [1.82, 2.24) is 0 Å². The molecule has 1 aliphatic heterocycles. The third-order valence-electron chi connectivity index (χ3n) is 1.06. The minimum absolute atomic E-state index is 0.0311. The molecule has 0 amide bonds. The van der Waals surface area contributed by atoms with Gasteiger partial charge in [-0.05, 0) is 0 Å². The summed E-state index contributed by atoms with van der Waals surface area (Å²) in [6.45, 7) is 0.0438. The molecule has 10 heavy (non-hydrogen) atoms. The SMILES string of the molecule is O=C1CC(O[SH](=O)=O)CO1. The number of thiol groups is 1. The zero-order chi connectivity index (χ0) is 7.56. The van der Waals surface area contributed by atoms with Gasteiger partial charge >= 0.3 is 5.97 Å². The molecule has 0 aromatic rings. The third kappa shape index (κ3) is 1.96. The van der Waals surface area contributed by atoms with Gasteiger partial charge in [0, 0.05) is 0 Å². The summed E-state index contributed by atoms with van der Waals surface area (Å²) in [5.74, 6) is -0.415. The first-order chi connectivity index (χ1) is 4.68. The number of cyclic esters (lactones) is 1. The second-order valence-electron chi connectivity index (χ2n) is 1.84. The highest BCUT2D eigenvalue weighted by atomic mass is 32.2. The minimum atomic E-state index is -2.86. The van der Waals surface area contributed by atoms with Gasteiger partial charge in [0.2, 0.25) is 0 Å². The quantitative estimate of drug-likeness (QED) is 0.414. The molecule has 6 heteroatoms. The number of carbonyl (C=O) groups excluding carboxylic acids is 1. The summed E-state index contributed by atoms with van der Waals surface area (Å²) >= 11 is 0. The lowest BCUT2D eigenvalue weighted by Gasteiger charge is -1.97. The van der Waals surface area contributed by atoms with Crippen molar-refractivity contribution in [3.63, 3.8) is 0 Å². The highest BCUT2D eigenvalue weighted by molar-refractivity contribution is 7.67. The van der Waals surface area contributed by atoms with Crippen LogP contribution in [0.4, 0.5) is 0 Å². The molecule has 1 rings (SSSR count). The fourth-order valence-electron chi connectivity index (χ4n) is 0.679. The Morgan fingerprint density at radius 2 is 2.30 bits per heavy atom. The van der Waals surface area contributed by atoms with Crippen LogP contribution in [0.2, 0.25) is 0 Å². The fraction of sp³-hybridized carbons (Fsp3) is 0.750. The Balaban J connectivity index is 2.38. The molecule has 1 unspecified atom stereocenters. The molecule has 5 nitrogen and oxygen atoms in total. The van der Waals surface area contributed by atoms with E-state index in [1.807, 2.05) is 0 Å². The first-order valence-corrected chi connectivity index (χ1v) is 3.75. The van der Waals surface area contributed by atoms with Crippen molar-refractivity contribution in [3.8, 4) is 0 Å². The van der Waals surface area contributed by atoms with Gasteiger partial charge in [-0.25, -0.2) is 8.42 Å². The van der Waals surface area contributed by atoms with E-state index in [2.05, 4.69) is 8.92 Å². The summed E-state index contributed by atoms with van der Waals surface area (Å²) in [4.78, 5) is 10.3. The molecule has 1 atom stereocenters. The lowest BCUT2D eigenvalue weighted by atomic mass is 10.3. The molecule has 0 aliphatic carbocycles. The van der Waals surface area contributed by atoms with Crippen LogP contribution in [0.15, 0.2) is 0 Å². The van der Waals surface area contributed by atoms with E-state index >= 15 is 0 Å². The fourth-order valence-corrected chi connectivity index (χ4v) is 1.06. The van der Waals surface area contributed by atoms with Gasteiger partial charge in [-0.2, -0.15) is 0 Å². The van der Waals surface area contributed by atoms with Crippen molar-refractivity contribution in [3.05, 3.63) is 0 Å². The molecule has 0 saturated carbocycles. The summed E-state index contributed by atoms with van der Waals surface area (Å²) in [5.41, 5.74) is 0. The zero-order valence-electron chi connectivity index (χ0n) is 4.98. The van der Waals surface area contributed by atoms with Crippen LogP contribution in [-0.2, 0) is 24.7 Å². The van der Waals surface area contributed by atoms with Crippen LogP contribution < -0.4 is 0 Å². The van der Waals surface area contributed by atoms with Crippen molar-refractivity contribution in [1.29, 1.82) is 0 Å². The van der Waals surface area contributed by atoms with Crippen LogP contribution in [-0.4, -0.2) is 27.1 Å². The zero-order valence-corrected chi connectivity index (χ0v) is 5.87. The lowest BCUT2D eigenvalue weighted by molar-refractivity contribution is -0.137. The van der Waals surface area contributed by atoms with Gasteiger partial charge in [0.1, 0.15) is 12.7 Å². The Morgan fingerprint density at radius 3 is 2.70 bits per heavy atom. The molecule has 0 N–H and O–H groups in total. The molecule has 58 valence electrons. The van der Waals surface area contributed by atoms with Gasteiger partial charge in [-0.1, -0.05) is 0 Å². The summed E-state index contributed by atoms with van der Waals surface area (Å²) in [6, 6.07) is 0. The van der Waals surface area contributed by atoms with Gasteiger partial charge in [-0.15, -0.1) is 0 Å². The molecule has 0 bridgehead atoms. The Morgan fingerprint density at radius 1 is 1.60 bits per heavy atom. The normalized spacial score (nSPS) is 25.3. The van der Waals surface area contributed by atoms with Gasteiger partial charge < -0.3 is 4.74 Å². The Kier molecular flexibility index (Phi) is 2.23. The molecular weight excluding hydrogens is 160 g/mol. The maximum atomic E-state index is 10.3. The van der Waals surface area contributed by atoms with Gasteiger partial charge in [0.25, 0.3) is 11.0 Å². The predicted molar refractivity (Wildman–Crippen MR) is 30.8 cm³/mol. The summed E-state index contributed by atoms with van der Waals surface area (Å²) in [5, 5.41) is 0. The second-order valence-corrected chi connectivity index (χ2v) is 2.50. The maximum absolute atomic E-state index is 10.3. The number of ether oxygens (including phenoxy) is 1. The van der Waals surface area contributed by atoms with Crippen molar-refractivity contribution < 1.29 is 22.1 Å². The molecule has 0 aromatic carbocycles. The predicted octanol–water partition coefficient (Wildman–Crippen LogP) is -1.16. The van der Waals surface area contributed by atoms with E-state index in [1.54, 1.807) is 0 Å². The molecule has 0 radical (unpaired) electrons. The number of hydrogen-bond donors (Lipinski definition) is 1. The highest BCUT2D eigenvalue weighted by Gasteiger charge is 2.24. The average Bonchev–Trinajstić information content (AvgIpc) is 2.13. The number of rotatable bonds is 2. The topological polar surface area (TPSA) is 69.7 Å². The monoisotopic (exact) mass is 166 g/mol. The third-order valence-corrected chi connectivity index (χ3v) is 1.53. The largest absolute Gasteiger partial charge is 0.463 e. The van der Waals surface area contributed by atoms with E-state index < -0.39 is 23.1 Å². The molecule has 1 saturated heterocycles. The van der Waals surface area contributed by atoms with E-state index in [4.69, 9.17) is 0 Å². The number of esters is 1. The average molecular weight is 166 g/mol. The van der Waals surface area contributed by atoms with E-state index in [0.717, 1.165) is 0 Å². The lowest BCUT2D eigenvalue weighted by Crippen LogP contribution is -2.10. The highest BCUT2D eigenvalue weighted by Crippen LogP contribution is 2.09. The van der Waals surface area contributed by atoms with Crippen molar-refractivity contribution >= 4 is 17.0 Å². The first-order valence-electron chi connectivity index (χ1n) is 2.65. The van der Waals surface area contributed by atoms with E-state index in [-0.39, 0.29) is 13.0 Å². The Labute approximate surface area is 59.1 Å². The van der Waals surface area contributed by atoms with Crippen LogP contribution in [0.25, 0.3) is 0 Å². The van der Waals surface area contributed by atoms with Crippen LogP contribution in [0.1, 0.15) is 6.42 Å². The van der Waals surface area contributed by atoms with E-state index in [0.29, 0.717) is 0 Å².